The Balaban J connectivity index is 1.40. The molecule has 0 unspecified atom stereocenters. The van der Waals surface area contributed by atoms with Crippen LogP contribution in [0.4, 0.5) is 0 Å². The van der Waals surface area contributed by atoms with Gasteiger partial charge < -0.3 is 9.32 Å². The van der Waals surface area contributed by atoms with E-state index in [1.807, 2.05) is 33.8 Å². The van der Waals surface area contributed by atoms with Crippen LogP contribution in [-0.4, -0.2) is 62.1 Å². The van der Waals surface area contributed by atoms with Gasteiger partial charge in [0, 0.05) is 31.2 Å². The van der Waals surface area contributed by atoms with E-state index < -0.39 is 0 Å². The number of hydrogen-bond acceptors (Lipinski definition) is 6. The van der Waals surface area contributed by atoms with Crippen molar-refractivity contribution < 1.29 is 9.21 Å². The second-order valence-corrected chi connectivity index (χ2v) is 8.32. The van der Waals surface area contributed by atoms with Crippen molar-refractivity contribution in [2.45, 2.75) is 31.2 Å². The first-order valence-electron chi connectivity index (χ1n) is 10.3. The maximum atomic E-state index is 12.6. The lowest BCUT2D eigenvalue weighted by atomic mass is 9.92. The fraction of sp³-hybridized carbons (Fsp3) is 0.429. The normalized spacial score (nSPS) is 19.3. The number of piperazine rings is 1. The number of hydrogen-bond donors (Lipinski definition) is 0. The van der Waals surface area contributed by atoms with Gasteiger partial charge in [0.25, 0.3) is 5.91 Å². The quantitative estimate of drug-likeness (QED) is 0.637. The summed E-state index contributed by atoms with van der Waals surface area (Å²) in [5.41, 5.74) is 0.681. The largest absolute Gasteiger partial charge is 0.459 e. The summed E-state index contributed by atoms with van der Waals surface area (Å²) in [4.78, 5) is 17.0. The minimum Gasteiger partial charge on any atom is -0.459 e. The van der Waals surface area contributed by atoms with Gasteiger partial charge in [-0.05, 0) is 59.7 Å². The summed E-state index contributed by atoms with van der Waals surface area (Å²) in [5.74, 6) is 1.21. The Hall–Kier alpha value is -2.71. The summed E-state index contributed by atoms with van der Waals surface area (Å²) < 4.78 is 7.12. The van der Waals surface area contributed by atoms with E-state index >= 15 is 0 Å². The molecule has 2 fully saturated rings. The van der Waals surface area contributed by atoms with E-state index in [-0.39, 0.29) is 11.4 Å². The molecule has 0 radical (unpaired) electrons. The highest BCUT2D eigenvalue weighted by atomic mass is 35.5. The Bertz CT molecular complexity index is 1000. The number of furan rings is 1. The molecule has 1 aliphatic heterocycles. The van der Waals surface area contributed by atoms with Gasteiger partial charge in [-0.2, -0.15) is 4.68 Å². The molecule has 2 aliphatic rings. The van der Waals surface area contributed by atoms with Crippen LogP contribution in [0.3, 0.4) is 0 Å². The van der Waals surface area contributed by atoms with Gasteiger partial charge in [0.1, 0.15) is 0 Å². The average molecular weight is 427 g/mol. The minimum absolute atomic E-state index is 0.0499. The summed E-state index contributed by atoms with van der Waals surface area (Å²) >= 11 is 6.06. The molecule has 5 rings (SSSR count). The van der Waals surface area contributed by atoms with Crippen molar-refractivity contribution in [2.24, 2.45) is 0 Å². The number of tetrazole rings is 1. The Labute approximate surface area is 179 Å². The second kappa shape index (κ2) is 7.85. The number of aromatic nitrogens is 4. The smallest absolute Gasteiger partial charge is 0.289 e. The average Bonchev–Trinajstić information content (AvgIpc) is 3.55. The van der Waals surface area contributed by atoms with Crippen LogP contribution in [0.25, 0.3) is 5.69 Å². The van der Waals surface area contributed by atoms with Crippen molar-refractivity contribution in [2.75, 3.05) is 26.2 Å². The van der Waals surface area contributed by atoms with E-state index in [0.717, 1.165) is 50.3 Å². The number of amides is 1. The van der Waals surface area contributed by atoms with Crippen LogP contribution in [0, 0.1) is 0 Å². The minimum atomic E-state index is -0.219. The highest BCUT2D eigenvalue weighted by molar-refractivity contribution is 6.30. The first-order valence-corrected chi connectivity index (χ1v) is 10.7. The molecule has 2 aromatic heterocycles. The summed E-state index contributed by atoms with van der Waals surface area (Å²) in [6.45, 7) is 2.87. The molecule has 1 amide bonds. The molecule has 9 heteroatoms. The van der Waals surface area contributed by atoms with Gasteiger partial charge in [-0.1, -0.05) is 24.4 Å². The fourth-order valence-electron chi connectivity index (χ4n) is 4.77. The highest BCUT2D eigenvalue weighted by Crippen LogP contribution is 2.43. The van der Waals surface area contributed by atoms with Crippen molar-refractivity contribution >= 4 is 17.5 Å². The van der Waals surface area contributed by atoms with Crippen molar-refractivity contribution in [3.63, 3.8) is 0 Å². The van der Waals surface area contributed by atoms with Crippen molar-refractivity contribution in [1.82, 2.24) is 30.0 Å². The third-order valence-corrected chi connectivity index (χ3v) is 6.54. The van der Waals surface area contributed by atoms with Crippen LogP contribution < -0.4 is 0 Å². The van der Waals surface area contributed by atoms with Gasteiger partial charge in [0.2, 0.25) is 0 Å². The number of benzene rings is 1. The van der Waals surface area contributed by atoms with Gasteiger partial charge in [0.05, 0.1) is 17.5 Å². The molecular formula is C21H23ClN6O2. The maximum Gasteiger partial charge on any atom is 0.289 e. The first kappa shape index (κ1) is 19.3. The van der Waals surface area contributed by atoms with Crippen LogP contribution in [-0.2, 0) is 5.54 Å². The zero-order chi connectivity index (χ0) is 20.6. The van der Waals surface area contributed by atoms with Gasteiger partial charge in [0.15, 0.2) is 11.6 Å². The van der Waals surface area contributed by atoms with Crippen LogP contribution in [0.1, 0.15) is 42.1 Å². The molecule has 8 nitrogen and oxygen atoms in total. The summed E-state index contributed by atoms with van der Waals surface area (Å²) in [7, 11) is 0. The van der Waals surface area contributed by atoms with Gasteiger partial charge >= 0.3 is 0 Å². The van der Waals surface area contributed by atoms with E-state index in [1.165, 1.54) is 6.26 Å². The molecule has 156 valence electrons. The van der Waals surface area contributed by atoms with Gasteiger partial charge in [-0.3, -0.25) is 9.69 Å². The predicted molar refractivity (Wildman–Crippen MR) is 110 cm³/mol. The Morgan fingerprint density at radius 1 is 1.03 bits per heavy atom. The molecule has 1 saturated carbocycles. The lowest BCUT2D eigenvalue weighted by Crippen LogP contribution is -2.56. The van der Waals surface area contributed by atoms with E-state index in [4.69, 9.17) is 16.0 Å². The van der Waals surface area contributed by atoms with E-state index in [0.29, 0.717) is 23.9 Å². The van der Waals surface area contributed by atoms with Gasteiger partial charge in [-0.15, -0.1) is 5.10 Å². The summed E-state index contributed by atoms with van der Waals surface area (Å²) in [5, 5.41) is 13.4. The van der Waals surface area contributed by atoms with E-state index in [2.05, 4.69) is 20.4 Å². The topological polar surface area (TPSA) is 80.3 Å². The molecule has 1 aliphatic carbocycles. The standard InChI is InChI=1S/C21H23ClN6O2/c22-16-5-7-17(8-6-16)28-20(23-24-25-28)21(9-1-2-10-21)27-13-11-26(12-14-27)19(29)18-4-3-15-30-18/h3-8,15H,1-2,9-14H2. The molecule has 0 bridgehead atoms. The number of rotatable bonds is 4. The summed E-state index contributed by atoms with van der Waals surface area (Å²) in [6.07, 6.45) is 5.83. The second-order valence-electron chi connectivity index (χ2n) is 7.89. The highest BCUT2D eigenvalue weighted by Gasteiger charge is 2.46. The van der Waals surface area contributed by atoms with E-state index in [1.54, 1.807) is 12.1 Å². The number of nitrogens with zero attached hydrogens (tertiary/aromatic N) is 6. The number of carbonyl (C=O) groups excluding carboxylic acids is 1. The maximum absolute atomic E-state index is 12.6. The SMILES string of the molecule is O=C(c1ccco1)N1CCN(C2(c3nnnn3-c3ccc(Cl)cc3)CCCC2)CC1. The molecule has 3 heterocycles. The zero-order valence-corrected chi connectivity index (χ0v) is 17.3. The van der Waals surface area contributed by atoms with Crippen LogP contribution >= 0.6 is 11.6 Å². The lowest BCUT2D eigenvalue weighted by Gasteiger charge is -2.44. The lowest BCUT2D eigenvalue weighted by molar-refractivity contribution is 0.0216. The number of carbonyl (C=O) groups is 1. The first-order chi connectivity index (χ1) is 14.7. The van der Waals surface area contributed by atoms with E-state index in [9.17, 15) is 4.79 Å². The van der Waals surface area contributed by atoms with Crippen LogP contribution in [0.2, 0.25) is 5.02 Å². The Morgan fingerprint density at radius 3 is 2.43 bits per heavy atom. The molecule has 3 aromatic rings. The monoisotopic (exact) mass is 426 g/mol. The molecule has 0 spiro atoms. The predicted octanol–water partition coefficient (Wildman–Crippen LogP) is 3.14. The summed E-state index contributed by atoms with van der Waals surface area (Å²) in [6, 6.07) is 11.0. The zero-order valence-electron chi connectivity index (χ0n) is 16.6. The molecule has 1 saturated heterocycles. The van der Waals surface area contributed by atoms with Crippen LogP contribution in [0.15, 0.2) is 47.1 Å². The van der Waals surface area contributed by atoms with Gasteiger partial charge in [-0.25, -0.2) is 0 Å². The fourth-order valence-corrected chi connectivity index (χ4v) is 4.89. The molecule has 30 heavy (non-hydrogen) atoms. The van der Waals surface area contributed by atoms with Crippen molar-refractivity contribution in [3.05, 3.63) is 59.3 Å². The third kappa shape index (κ3) is 3.30. The van der Waals surface area contributed by atoms with Crippen molar-refractivity contribution in [3.8, 4) is 5.69 Å². The molecule has 1 aromatic carbocycles. The Morgan fingerprint density at radius 2 is 1.77 bits per heavy atom. The molecular weight excluding hydrogens is 404 g/mol. The molecule has 0 atom stereocenters. The number of halogens is 1. The van der Waals surface area contributed by atoms with Crippen LogP contribution in [0.5, 0.6) is 0 Å². The van der Waals surface area contributed by atoms with Crippen molar-refractivity contribution in [1.29, 1.82) is 0 Å². The molecule has 0 N–H and O–H groups in total. The Kier molecular flexibility index (Phi) is 5.04. The third-order valence-electron chi connectivity index (χ3n) is 6.29.